The molecule has 0 saturated heterocycles. The van der Waals surface area contributed by atoms with Crippen LogP contribution >= 0.6 is 0 Å². The van der Waals surface area contributed by atoms with Crippen molar-refractivity contribution in [2.75, 3.05) is 7.11 Å². The minimum Gasteiger partial charge on any atom is -0.496 e. The SMILES string of the molecule is COc1ccc(C(C)=O)cc1Cn1nc(C)c(C)c1C. The number of benzene rings is 1. The Bertz CT molecular complexity index is 657. The van der Waals surface area contributed by atoms with E-state index in [0.717, 1.165) is 22.7 Å². The molecule has 0 amide bonds. The number of hydrogen-bond acceptors (Lipinski definition) is 3. The number of nitrogens with zero attached hydrogens (tertiary/aromatic N) is 2. The molecule has 0 unspecified atom stereocenters. The number of rotatable bonds is 4. The van der Waals surface area contributed by atoms with Crippen molar-refractivity contribution < 1.29 is 9.53 Å². The van der Waals surface area contributed by atoms with E-state index in [1.165, 1.54) is 5.56 Å². The smallest absolute Gasteiger partial charge is 0.159 e. The summed E-state index contributed by atoms with van der Waals surface area (Å²) in [6.07, 6.45) is 0. The van der Waals surface area contributed by atoms with Gasteiger partial charge in [-0.25, -0.2) is 0 Å². The first-order valence-corrected chi connectivity index (χ1v) is 6.62. The molecule has 0 aliphatic heterocycles. The van der Waals surface area contributed by atoms with Gasteiger partial charge in [0.05, 0.1) is 19.3 Å². The van der Waals surface area contributed by atoms with Crippen LogP contribution < -0.4 is 4.74 Å². The van der Waals surface area contributed by atoms with Crippen LogP contribution in [-0.4, -0.2) is 22.7 Å². The van der Waals surface area contributed by atoms with Crippen LogP contribution in [0.1, 0.15) is 39.8 Å². The molecule has 20 heavy (non-hydrogen) atoms. The molecule has 1 aromatic heterocycles. The molecule has 0 spiro atoms. The summed E-state index contributed by atoms with van der Waals surface area (Å²) >= 11 is 0. The van der Waals surface area contributed by atoms with E-state index in [1.807, 2.05) is 23.7 Å². The van der Waals surface area contributed by atoms with E-state index in [0.29, 0.717) is 12.1 Å². The molecule has 0 bridgehead atoms. The predicted molar refractivity (Wildman–Crippen MR) is 78.5 cm³/mol. The van der Waals surface area contributed by atoms with Crippen LogP contribution in [-0.2, 0) is 6.54 Å². The fraction of sp³-hybridized carbons (Fsp3) is 0.375. The van der Waals surface area contributed by atoms with Crippen LogP contribution in [0.4, 0.5) is 0 Å². The minimum absolute atomic E-state index is 0.0541. The second kappa shape index (κ2) is 5.49. The molecule has 0 fully saturated rings. The molecule has 0 aliphatic carbocycles. The Morgan fingerprint density at radius 3 is 2.50 bits per heavy atom. The topological polar surface area (TPSA) is 44.1 Å². The summed E-state index contributed by atoms with van der Waals surface area (Å²) in [5.41, 5.74) is 5.03. The Balaban J connectivity index is 2.43. The highest BCUT2D eigenvalue weighted by atomic mass is 16.5. The lowest BCUT2D eigenvalue weighted by Gasteiger charge is -2.11. The Hall–Kier alpha value is -2.10. The van der Waals surface area contributed by atoms with Crippen LogP contribution in [0.3, 0.4) is 0 Å². The molecule has 4 nitrogen and oxygen atoms in total. The number of carbonyl (C=O) groups excluding carboxylic acids is 1. The van der Waals surface area contributed by atoms with Gasteiger partial charge in [0.1, 0.15) is 5.75 Å². The molecule has 0 saturated carbocycles. The maximum absolute atomic E-state index is 11.5. The Kier molecular flexibility index (Phi) is 3.93. The lowest BCUT2D eigenvalue weighted by molar-refractivity contribution is 0.101. The van der Waals surface area contributed by atoms with Crippen molar-refractivity contribution in [1.82, 2.24) is 9.78 Å². The minimum atomic E-state index is 0.0541. The number of carbonyl (C=O) groups is 1. The number of ether oxygens (including phenoxy) is 1. The van der Waals surface area contributed by atoms with E-state index < -0.39 is 0 Å². The fourth-order valence-corrected chi connectivity index (χ4v) is 2.22. The maximum Gasteiger partial charge on any atom is 0.159 e. The number of methoxy groups -OCH3 is 1. The summed E-state index contributed by atoms with van der Waals surface area (Å²) in [6.45, 7) is 8.29. The number of aromatic nitrogens is 2. The molecule has 1 aromatic carbocycles. The number of Topliss-reactive ketones (excluding diaryl/α,β-unsaturated/α-hetero) is 1. The monoisotopic (exact) mass is 272 g/mol. The van der Waals surface area contributed by atoms with E-state index in [4.69, 9.17) is 4.74 Å². The average molecular weight is 272 g/mol. The lowest BCUT2D eigenvalue weighted by atomic mass is 10.1. The molecule has 2 rings (SSSR count). The Morgan fingerprint density at radius 1 is 1.30 bits per heavy atom. The molecule has 0 aliphatic rings. The zero-order chi connectivity index (χ0) is 14.9. The van der Waals surface area contributed by atoms with Crippen LogP contribution in [0.2, 0.25) is 0 Å². The van der Waals surface area contributed by atoms with Crippen molar-refractivity contribution in [3.8, 4) is 5.75 Å². The van der Waals surface area contributed by atoms with Crippen molar-refractivity contribution in [1.29, 1.82) is 0 Å². The third-order valence-corrected chi connectivity index (χ3v) is 3.75. The summed E-state index contributed by atoms with van der Waals surface area (Å²) in [4.78, 5) is 11.5. The molecular weight excluding hydrogens is 252 g/mol. The molecule has 0 radical (unpaired) electrons. The standard InChI is InChI=1S/C16H20N2O2/c1-10-11(2)17-18(12(10)3)9-15-8-14(13(4)19)6-7-16(15)20-5/h6-8H,9H2,1-5H3. The molecule has 0 atom stereocenters. The lowest BCUT2D eigenvalue weighted by Crippen LogP contribution is -2.07. The zero-order valence-corrected chi connectivity index (χ0v) is 12.7. The van der Waals surface area contributed by atoms with Crippen molar-refractivity contribution in [3.05, 3.63) is 46.3 Å². The molecular formula is C16H20N2O2. The summed E-state index contributed by atoms with van der Waals surface area (Å²) in [6, 6.07) is 5.51. The second-order valence-corrected chi connectivity index (χ2v) is 5.04. The van der Waals surface area contributed by atoms with Gasteiger partial charge in [0.15, 0.2) is 5.78 Å². The van der Waals surface area contributed by atoms with Crippen molar-refractivity contribution in [2.45, 2.75) is 34.2 Å². The van der Waals surface area contributed by atoms with Crippen LogP contribution in [0.15, 0.2) is 18.2 Å². The maximum atomic E-state index is 11.5. The second-order valence-electron chi connectivity index (χ2n) is 5.04. The van der Waals surface area contributed by atoms with Gasteiger partial charge in [-0.3, -0.25) is 9.48 Å². The quantitative estimate of drug-likeness (QED) is 0.803. The van der Waals surface area contributed by atoms with Gasteiger partial charge in [-0.1, -0.05) is 0 Å². The van der Waals surface area contributed by atoms with E-state index in [-0.39, 0.29) is 5.78 Å². The highest BCUT2D eigenvalue weighted by Crippen LogP contribution is 2.22. The third kappa shape index (κ3) is 2.59. The summed E-state index contributed by atoms with van der Waals surface area (Å²) in [5, 5.41) is 4.53. The van der Waals surface area contributed by atoms with Crippen molar-refractivity contribution in [3.63, 3.8) is 0 Å². The summed E-state index contributed by atoms with van der Waals surface area (Å²) in [5.74, 6) is 0.832. The predicted octanol–water partition coefficient (Wildman–Crippen LogP) is 3.07. The van der Waals surface area contributed by atoms with Gasteiger partial charge in [0.2, 0.25) is 0 Å². The normalized spacial score (nSPS) is 10.7. The number of hydrogen-bond donors (Lipinski definition) is 0. The first-order valence-electron chi connectivity index (χ1n) is 6.62. The van der Waals surface area contributed by atoms with Gasteiger partial charge in [-0.15, -0.1) is 0 Å². The average Bonchev–Trinajstić information content (AvgIpc) is 2.66. The first kappa shape index (κ1) is 14.3. The largest absolute Gasteiger partial charge is 0.496 e. The van der Waals surface area contributed by atoms with Crippen LogP contribution in [0.25, 0.3) is 0 Å². The molecule has 106 valence electrons. The third-order valence-electron chi connectivity index (χ3n) is 3.75. The molecule has 4 heteroatoms. The van der Waals surface area contributed by atoms with E-state index in [2.05, 4.69) is 18.9 Å². The highest BCUT2D eigenvalue weighted by Gasteiger charge is 2.12. The van der Waals surface area contributed by atoms with Crippen molar-refractivity contribution in [2.24, 2.45) is 0 Å². The summed E-state index contributed by atoms with van der Waals surface area (Å²) < 4.78 is 7.33. The van der Waals surface area contributed by atoms with Gasteiger partial charge in [0.25, 0.3) is 0 Å². The summed E-state index contributed by atoms with van der Waals surface area (Å²) in [7, 11) is 1.64. The van der Waals surface area contributed by atoms with E-state index in [1.54, 1.807) is 20.1 Å². The van der Waals surface area contributed by atoms with Crippen molar-refractivity contribution >= 4 is 5.78 Å². The fourth-order valence-electron chi connectivity index (χ4n) is 2.22. The number of aryl methyl sites for hydroxylation is 1. The van der Waals surface area contributed by atoms with Gasteiger partial charge >= 0.3 is 0 Å². The Morgan fingerprint density at radius 2 is 2.00 bits per heavy atom. The van der Waals surface area contributed by atoms with Gasteiger partial charge in [0, 0.05) is 16.8 Å². The van der Waals surface area contributed by atoms with Crippen LogP contribution in [0.5, 0.6) is 5.75 Å². The Labute approximate surface area is 119 Å². The molecule has 0 N–H and O–H groups in total. The van der Waals surface area contributed by atoms with Gasteiger partial charge < -0.3 is 4.74 Å². The van der Waals surface area contributed by atoms with E-state index in [9.17, 15) is 4.79 Å². The van der Waals surface area contributed by atoms with Gasteiger partial charge in [-0.05, 0) is 51.5 Å². The van der Waals surface area contributed by atoms with E-state index >= 15 is 0 Å². The molecule has 2 aromatic rings. The van der Waals surface area contributed by atoms with Gasteiger partial charge in [-0.2, -0.15) is 5.10 Å². The zero-order valence-electron chi connectivity index (χ0n) is 12.7. The number of ketones is 1. The first-order chi connectivity index (χ1) is 9.43. The highest BCUT2D eigenvalue weighted by molar-refractivity contribution is 5.94. The van der Waals surface area contributed by atoms with Crippen LogP contribution in [0, 0.1) is 20.8 Å². The molecule has 1 heterocycles.